The molecular formula is C26H20F3N3O. The lowest BCUT2D eigenvalue weighted by atomic mass is 10.0. The molecule has 0 spiro atoms. The Bertz CT molecular complexity index is 1300. The molecule has 4 nitrogen and oxygen atoms in total. The Kier molecular flexibility index (Phi) is 5.96. The van der Waals surface area contributed by atoms with Crippen LogP contribution in [0.5, 0.6) is 0 Å². The van der Waals surface area contributed by atoms with Crippen molar-refractivity contribution in [2.45, 2.75) is 20.0 Å². The largest absolute Gasteiger partial charge is 0.433 e. The van der Waals surface area contributed by atoms with E-state index < -0.39 is 17.8 Å². The monoisotopic (exact) mass is 447 g/mol. The number of aromatic nitrogens is 2. The van der Waals surface area contributed by atoms with E-state index in [4.69, 9.17) is 0 Å². The first-order valence-electron chi connectivity index (χ1n) is 10.2. The number of benzene rings is 2. The van der Waals surface area contributed by atoms with Crippen LogP contribution in [-0.2, 0) is 6.18 Å². The van der Waals surface area contributed by atoms with Gasteiger partial charge in [0.2, 0.25) is 0 Å². The van der Waals surface area contributed by atoms with E-state index in [-0.39, 0.29) is 11.3 Å². The lowest BCUT2D eigenvalue weighted by Crippen LogP contribution is -2.16. The molecule has 7 heteroatoms. The summed E-state index contributed by atoms with van der Waals surface area (Å²) in [7, 11) is 0. The number of aryl methyl sites for hydroxylation is 2. The zero-order valence-corrected chi connectivity index (χ0v) is 17.9. The molecule has 4 rings (SSSR count). The van der Waals surface area contributed by atoms with Crippen molar-refractivity contribution in [1.29, 1.82) is 0 Å². The molecule has 2 heterocycles. The van der Waals surface area contributed by atoms with Gasteiger partial charge in [-0.3, -0.25) is 9.78 Å². The van der Waals surface area contributed by atoms with Gasteiger partial charge in [0.15, 0.2) is 0 Å². The van der Waals surface area contributed by atoms with Crippen LogP contribution >= 0.6 is 0 Å². The smallest absolute Gasteiger partial charge is 0.322 e. The quantitative estimate of drug-likeness (QED) is 0.379. The molecule has 33 heavy (non-hydrogen) atoms. The van der Waals surface area contributed by atoms with E-state index >= 15 is 0 Å². The molecule has 166 valence electrons. The fourth-order valence-corrected chi connectivity index (χ4v) is 3.49. The normalized spacial score (nSPS) is 11.3. The lowest BCUT2D eigenvalue weighted by molar-refractivity contribution is -0.141. The van der Waals surface area contributed by atoms with Crippen LogP contribution in [0, 0.1) is 13.8 Å². The first kappa shape index (κ1) is 22.2. The van der Waals surface area contributed by atoms with E-state index in [1.807, 2.05) is 55.5 Å². The third kappa shape index (κ3) is 4.92. The van der Waals surface area contributed by atoms with Crippen molar-refractivity contribution in [2.75, 3.05) is 5.32 Å². The average Bonchev–Trinajstić information content (AvgIpc) is 2.80. The number of carbonyl (C=O) groups excluding carboxylic acids is 1. The molecule has 1 amide bonds. The van der Waals surface area contributed by atoms with E-state index in [0.29, 0.717) is 5.69 Å². The van der Waals surface area contributed by atoms with Crippen molar-refractivity contribution in [2.24, 2.45) is 0 Å². The van der Waals surface area contributed by atoms with Gasteiger partial charge in [0, 0.05) is 23.0 Å². The van der Waals surface area contributed by atoms with Crippen LogP contribution in [0.15, 0.2) is 79.0 Å². The molecular weight excluding hydrogens is 427 g/mol. The summed E-state index contributed by atoms with van der Waals surface area (Å²) in [6.07, 6.45) is -2.76. The van der Waals surface area contributed by atoms with Crippen LogP contribution in [0.1, 0.15) is 27.3 Å². The van der Waals surface area contributed by atoms with Crippen molar-refractivity contribution < 1.29 is 18.0 Å². The summed E-state index contributed by atoms with van der Waals surface area (Å²) in [6, 6.07) is 21.1. The molecule has 0 unspecified atom stereocenters. The van der Waals surface area contributed by atoms with E-state index in [1.54, 1.807) is 18.3 Å². The van der Waals surface area contributed by atoms with E-state index in [0.717, 1.165) is 40.1 Å². The number of hydrogen-bond donors (Lipinski definition) is 1. The van der Waals surface area contributed by atoms with E-state index in [9.17, 15) is 18.0 Å². The summed E-state index contributed by atoms with van der Waals surface area (Å²) in [5, 5.41) is 2.74. The van der Waals surface area contributed by atoms with Crippen molar-refractivity contribution in [3.63, 3.8) is 0 Å². The zero-order chi connectivity index (χ0) is 23.6. The van der Waals surface area contributed by atoms with Gasteiger partial charge >= 0.3 is 6.18 Å². The minimum Gasteiger partial charge on any atom is -0.322 e. The maximum atomic E-state index is 12.8. The molecule has 0 saturated carbocycles. The summed E-state index contributed by atoms with van der Waals surface area (Å²) in [5.41, 5.74) is 4.18. The Balaban J connectivity index is 1.57. The number of carbonyl (C=O) groups is 1. The van der Waals surface area contributed by atoms with Gasteiger partial charge in [-0.05, 0) is 55.3 Å². The highest BCUT2D eigenvalue weighted by Crippen LogP contribution is 2.29. The Morgan fingerprint density at radius 3 is 2.27 bits per heavy atom. The summed E-state index contributed by atoms with van der Waals surface area (Å²) in [4.78, 5) is 20.8. The lowest BCUT2D eigenvalue weighted by Gasteiger charge is -2.12. The summed E-state index contributed by atoms with van der Waals surface area (Å²) in [5.74, 6) is -0.532. The molecule has 2 aromatic heterocycles. The number of pyridine rings is 2. The number of amides is 1. The molecule has 2 aromatic carbocycles. The summed E-state index contributed by atoms with van der Waals surface area (Å²) in [6.45, 7) is 3.32. The third-order valence-corrected chi connectivity index (χ3v) is 5.26. The van der Waals surface area contributed by atoms with Crippen LogP contribution < -0.4 is 5.32 Å². The fraction of sp³-hybridized carbons (Fsp3) is 0.115. The number of anilines is 1. The standard InChI is InChI=1S/C26H20F3N3O/c1-16-8-10-20(32-25(33)21-11-13-24(26(27,28)29)31-17(21)2)14-22(16)23-12-9-19(15-30-23)18-6-4-3-5-7-18/h3-15H,1-2H3,(H,32,33). The van der Waals surface area contributed by atoms with Crippen molar-refractivity contribution in [3.05, 3.63) is 102 Å². The molecule has 0 aliphatic heterocycles. The number of halogens is 3. The van der Waals surface area contributed by atoms with Crippen molar-refractivity contribution in [3.8, 4) is 22.4 Å². The third-order valence-electron chi connectivity index (χ3n) is 5.26. The van der Waals surface area contributed by atoms with Gasteiger partial charge in [-0.1, -0.05) is 42.5 Å². The molecule has 0 radical (unpaired) electrons. The van der Waals surface area contributed by atoms with Crippen LogP contribution in [-0.4, -0.2) is 15.9 Å². The van der Waals surface area contributed by atoms with Gasteiger partial charge in [0.05, 0.1) is 17.0 Å². The highest BCUT2D eigenvalue weighted by molar-refractivity contribution is 6.05. The Labute approximate surface area is 189 Å². The molecule has 1 N–H and O–H groups in total. The first-order chi connectivity index (χ1) is 15.7. The van der Waals surface area contributed by atoms with Crippen molar-refractivity contribution in [1.82, 2.24) is 9.97 Å². The maximum absolute atomic E-state index is 12.8. The number of rotatable bonds is 4. The molecule has 0 aliphatic rings. The Hall–Kier alpha value is -4.00. The van der Waals surface area contributed by atoms with Gasteiger partial charge in [0.1, 0.15) is 5.69 Å². The highest BCUT2D eigenvalue weighted by Gasteiger charge is 2.33. The molecule has 0 saturated heterocycles. The van der Waals surface area contributed by atoms with Crippen LogP contribution in [0.25, 0.3) is 22.4 Å². The number of alkyl halides is 3. The molecule has 0 atom stereocenters. The predicted octanol–water partition coefficient (Wildman–Crippen LogP) is 6.70. The molecule has 4 aromatic rings. The van der Waals surface area contributed by atoms with E-state index in [2.05, 4.69) is 15.3 Å². The van der Waals surface area contributed by atoms with Crippen LogP contribution in [0.4, 0.5) is 18.9 Å². The van der Waals surface area contributed by atoms with Crippen LogP contribution in [0.3, 0.4) is 0 Å². The number of nitrogens with one attached hydrogen (secondary N) is 1. The first-order valence-corrected chi connectivity index (χ1v) is 10.2. The number of nitrogens with zero attached hydrogens (tertiary/aromatic N) is 2. The minimum absolute atomic E-state index is 0.00725. The molecule has 0 fully saturated rings. The summed E-state index contributed by atoms with van der Waals surface area (Å²) < 4.78 is 38.5. The Morgan fingerprint density at radius 2 is 1.64 bits per heavy atom. The van der Waals surface area contributed by atoms with Gasteiger partial charge < -0.3 is 5.32 Å². The second-order valence-corrected chi connectivity index (χ2v) is 7.61. The zero-order valence-electron chi connectivity index (χ0n) is 17.9. The maximum Gasteiger partial charge on any atom is 0.433 e. The average molecular weight is 447 g/mol. The van der Waals surface area contributed by atoms with Gasteiger partial charge in [-0.2, -0.15) is 13.2 Å². The fourth-order valence-electron chi connectivity index (χ4n) is 3.49. The molecule has 0 aliphatic carbocycles. The van der Waals surface area contributed by atoms with Crippen molar-refractivity contribution >= 4 is 11.6 Å². The second kappa shape index (κ2) is 8.86. The van der Waals surface area contributed by atoms with E-state index in [1.165, 1.54) is 6.92 Å². The summed E-state index contributed by atoms with van der Waals surface area (Å²) >= 11 is 0. The SMILES string of the molecule is Cc1ccc(NC(=O)c2ccc(C(F)(F)F)nc2C)cc1-c1ccc(-c2ccccc2)cn1. The van der Waals surface area contributed by atoms with Gasteiger partial charge in [0.25, 0.3) is 5.91 Å². The predicted molar refractivity (Wildman–Crippen MR) is 122 cm³/mol. The Morgan fingerprint density at radius 1 is 0.879 bits per heavy atom. The second-order valence-electron chi connectivity index (χ2n) is 7.61. The van der Waals surface area contributed by atoms with Crippen LogP contribution in [0.2, 0.25) is 0 Å². The topological polar surface area (TPSA) is 54.9 Å². The van der Waals surface area contributed by atoms with Gasteiger partial charge in [-0.15, -0.1) is 0 Å². The number of hydrogen-bond acceptors (Lipinski definition) is 3. The highest BCUT2D eigenvalue weighted by atomic mass is 19.4. The molecule has 0 bridgehead atoms. The minimum atomic E-state index is -4.56. The van der Waals surface area contributed by atoms with Gasteiger partial charge in [-0.25, -0.2) is 4.98 Å².